The van der Waals surface area contributed by atoms with Crippen LogP contribution in [0.2, 0.25) is 0 Å². The minimum Gasteiger partial charge on any atom is -0.348 e. The summed E-state index contributed by atoms with van der Waals surface area (Å²) in [5.41, 5.74) is 2.95. The van der Waals surface area contributed by atoms with E-state index in [1.165, 1.54) is 15.4 Å². The highest BCUT2D eigenvalue weighted by molar-refractivity contribution is 7.15. The molecule has 1 amide bonds. The normalized spacial score (nSPS) is 14.8. The van der Waals surface area contributed by atoms with E-state index in [4.69, 9.17) is 0 Å². The first-order valence-corrected chi connectivity index (χ1v) is 10.5. The van der Waals surface area contributed by atoms with Gasteiger partial charge in [0.1, 0.15) is 0 Å². The van der Waals surface area contributed by atoms with Gasteiger partial charge in [-0.1, -0.05) is 42.5 Å². The Morgan fingerprint density at radius 3 is 2.54 bits per heavy atom. The van der Waals surface area contributed by atoms with Crippen molar-refractivity contribution in [2.24, 2.45) is 0 Å². The van der Waals surface area contributed by atoms with Crippen molar-refractivity contribution in [1.82, 2.24) is 15.2 Å². The molecule has 0 atom stereocenters. The molecule has 1 fully saturated rings. The van der Waals surface area contributed by atoms with Gasteiger partial charge < -0.3 is 5.32 Å². The minimum atomic E-state index is -0.0484. The molecule has 0 spiro atoms. The first-order valence-electron chi connectivity index (χ1n) is 9.72. The molecule has 0 aliphatic carbocycles. The van der Waals surface area contributed by atoms with E-state index >= 15 is 0 Å². The number of amides is 1. The Balaban J connectivity index is 1.34. The van der Waals surface area contributed by atoms with E-state index in [1.54, 1.807) is 11.3 Å². The maximum absolute atomic E-state index is 12.2. The van der Waals surface area contributed by atoms with E-state index in [9.17, 15) is 4.79 Å². The molecule has 28 heavy (non-hydrogen) atoms. The molecule has 1 saturated heterocycles. The molecule has 1 aliphatic heterocycles. The van der Waals surface area contributed by atoms with Gasteiger partial charge in [-0.15, -0.1) is 11.3 Å². The summed E-state index contributed by atoms with van der Waals surface area (Å²) in [5, 5.41) is 4.21. The van der Waals surface area contributed by atoms with Crippen LogP contribution < -0.4 is 5.32 Å². The van der Waals surface area contributed by atoms with Crippen LogP contribution in [0.1, 0.15) is 40.7 Å². The third kappa shape index (κ3) is 4.16. The summed E-state index contributed by atoms with van der Waals surface area (Å²) >= 11 is 1.80. The summed E-state index contributed by atoms with van der Waals surface area (Å²) in [6.45, 7) is 7.24. The van der Waals surface area contributed by atoms with Gasteiger partial charge in [-0.3, -0.25) is 9.69 Å². The zero-order valence-electron chi connectivity index (χ0n) is 16.3. The zero-order valence-corrected chi connectivity index (χ0v) is 17.1. The molecule has 0 saturated carbocycles. The van der Waals surface area contributed by atoms with Crippen LogP contribution in [0.4, 0.5) is 0 Å². The standard InChI is InChI=1S/C23H25N3OS/c1-16(2)26-14-20(15-26)23-25-13-21(28-23)18-10-8-17(9-11-18)12-24-22(27)19-6-4-3-5-7-19/h3-11,13,16,20H,12,14-15H2,1-2H3,(H,24,27). The number of carbonyl (C=O) groups excluding carboxylic acids is 1. The summed E-state index contributed by atoms with van der Waals surface area (Å²) in [5.74, 6) is 0.529. The minimum absolute atomic E-state index is 0.0484. The van der Waals surface area contributed by atoms with E-state index in [2.05, 4.69) is 53.3 Å². The lowest BCUT2D eigenvalue weighted by Crippen LogP contribution is -2.48. The molecular weight excluding hydrogens is 366 g/mol. The van der Waals surface area contributed by atoms with Crippen LogP contribution in [0.25, 0.3) is 10.4 Å². The number of thiazole rings is 1. The van der Waals surface area contributed by atoms with Crippen molar-refractivity contribution >= 4 is 17.2 Å². The molecule has 2 aromatic carbocycles. The summed E-state index contributed by atoms with van der Waals surface area (Å²) in [7, 11) is 0. The summed E-state index contributed by atoms with van der Waals surface area (Å²) < 4.78 is 0. The maximum atomic E-state index is 12.2. The van der Waals surface area contributed by atoms with Gasteiger partial charge in [0.15, 0.2) is 0 Å². The van der Waals surface area contributed by atoms with E-state index in [-0.39, 0.29) is 5.91 Å². The number of hydrogen-bond acceptors (Lipinski definition) is 4. The molecular formula is C23H25N3OS. The van der Waals surface area contributed by atoms with Crippen LogP contribution in [0.5, 0.6) is 0 Å². The largest absolute Gasteiger partial charge is 0.348 e. The highest BCUT2D eigenvalue weighted by Gasteiger charge is 2.31. The molecule has 5 heteroatoms. The van der Waals surface area contributed by atoms with Crippen molar-refractivity contribution in [2.75, 3.05) is 13.1 Å². The van der Waals surface area contributed by atoms with Gasteiger partial charge in [0.05, 0.1) is 9.88 Å². The van der Waals surface area contributed by atoms with Crippen LogP contribution >= 0.6 is 11.3 Å². The second-order valence-corrected chi connectivity index (χ2v) is 8.62. The highest BCUT2D eigenvalue weighted by Crippen LogP contribution is 2.35. The molecule has 2 heterocycles. The number of rotatable bonds is 6. The molecule has 3 aromatic rings. The van der Waals surface area contributed by atoms with Gasteiger partial charge in [0, 0.05) is 43.4 Å². The molecule has 4 rings (SSSR count). The number of carbonyl (C=O) groups is 1. The Kier molecular flexibility index (Phi) is 5.55. The van der Waals surface area contributed by atoms with Crippen LogP contribution in [0, 0.1) is 0 Å². The van der Waals surface area contributed by atoms with E-state index in [0.717, 1.165) is 18.7 Å². The van der Waals surface area contributed by atoms with Gasteiger partial charge >= 0.3 is 0 Å². The van der Waals surface area contributed by atoms with Crippen molar-refractivity contribution in [2.45, 2.75) is 32.4 Å². The molecule has 1 aromatic heterocycles. The molecule has 0 bridgehead atoms. The molecule has 1 aliphatic rings. The topological polar surface area (TPSA) is 45.2 Å². The quantitative estimate of drug-likeness (QED) is 0.671. The van der Waals surface area contributed by atoms with Crippen molar-refractivity contribution in [3.8, 4) is 10.4 Å². The monoisotopic (exact) mass is 391 g/mol. The fourth-order valence-corrected chi connectivity index (χ4v) is 4.37. The number of benzene rings is 2. The average Bonchev–Trinajstić information content (AvgIpc) is 3.15. The zero-order chi connectivity index (χ0) is 19.5. The van der Waals surface area contributed by atoms with Gasteiger partial charge in [0.25, 0.3) is 5.91 Å². The molecule has 0 radical (unpaired) electrons. The van der Waals surface area contributed by atoms with E-state index in [0.29, 0.717) is 24.1 Å². The Morgan fingerprint density at radius 1 is 1.14 bits per heavy atom. The smallest absolute Gasteiger partial charge is 0.251 e. The van der Waals surface area contributed by atoms with Crippen LogP contribution in [0.15, 0.2) is 60.8 Å². The van der Waals surface area contributed by atoms with Crippen LogP contribution in [-0.4, -0.2) is 34.9 Å². The molecule has 4 nitrogen and oxygen atoms in total. The van der Waals surface area contributed by atoms with Crippen molar-refractivity contribution < 1.29 is 4.79 Å². The summed E-state index contributed by atoms with van der Waals surface area (Å²) in [6.07, 6.45) is 1.99. The molecule has 1 N–H and O–H groups in total. The number of nitrogens with one attached hydrogen (secondary N) is 1. The molecule has 0 unspecified atom stereocenters. The van der Waals surface area contributed by atoms with E-state index < -0.39 is 0 Å². The number of hydrogen-bond donors (Lipinski definition) is 1. The lowest BCUT2D eigenvalue weighted by molar-refractivity contribution is 0.0951. The summed E-state index contributed by atoms with van der Waals surface area (Å²) in [6, 6.07) is 18.3. The predicted octanol–water partition coefficient (Wildman–Crippen LogP) is 4.55. The first-order chi connectivity index (χ1) is 13.6. The van der Waals surface area contributed by atoms with Gasteiger partial charge in [-0.05, 0) is 37.1 Å². The maximum Gasteiger partial charge on any atom is 0.251 e. The van der Waals surface area contributed by atoms with Gasteiger partial charge in [-0.25, -0.2) is 4.98 Å². The van der Waals surface area contributed by atoms with Crippen molar-refractivity contribution in [3.05, 3.63) is 76.9 Å². The van der Waals surface area contributed by atoms with Gasteiger partial charge in [-0.2, -0.15) is 0 Å². The Hall–Kier alpha value is -2.50. The SMILES string of the molecule is CC(C)N1CC(c2ncc(-c3ccc(CNC(=O)c4ccccc4)cc3)s2)C1. The fourth-order valence-electron chi connectivity index (χ4n) is 3.36. The van der Waals surface area contributed by atoms with Crippen LogP contribution in [0.3, 0.4) is 0 Å². The second-order valence-electron chi connectivity index (χ2n) is 7.55. The molecule has 144 valence electrons. The Labute approximate surface area is 170 Å². The van der Waals surface area contributed by atoms with E-state index in [1.807, 2.05) is 36.5 Å². The first kappa shape index (κ1) is 18.8. The Bertz CT molecular complexity index is 928. The second kappa shape index (κ2) is 8.25. The summed E-state index contributed by atoms with van der Waals surface area (Å²) in [4.78, 5) is 20.5. The highest BCUT2D eigenvalue weighted by atomic mass is 32.1. The Morgan fingerprint density at radius 2 is 1.86 bits per heavy atom. The third-order valence-corrected chi connectivity index (χ3v) is 6.45. The fraction of sp³-hybridized carbons (Fsp3) is 0.304. The number of nitrogens with zero attached hydrogens (tertiary/aromatic N) is 2. The number of likely N-dealkylation sites (tertiary alicyclic amines) is 1. The van der Waals surface area contributed by atoms with Crippen molar-refractivity contribution in [1.29, 1.82) is 0 Å². The van der Waals surface area contributed by atoms with Crippen molar-refractivity contribution in [3.63, 3.8) is 0 Å². The lowest BCUT2D eigenvalue weighted by atomic mass is 9.99. The lowest BCUT2D eigenvalue weighted by Gasteiger charge is -2.41. The van der Waals surface area contributed by atoms with Crippen LogP contribution in [-0.2, 0) is 6.54 Å². The number of aromatic nitrogens is 1. The average molecular weight is 392 g/mol. The third-order valence-electron chi connectivity index (χ3n) is 5.24. The predicted molar refractivity (Wildman–Crippen MR) is 115 cm³/mol. The van der Waals surface area contributed by atoms with Gasteiger partial charge in [0.2, 0.25) is 0 Å².